The lowest BCUT2D eigenvalue weighted by molar-refractivity contribution is 0.463. The van der Waals surface area contributed by atoms with E-state index in [9.17, 15) is 5.11 Å². The van der Waals surface area contributed by atoms with Crippen LogP contribution < -0.4 is 5.32 Å². The Morgan fingerprint density at radius 3 is 2.78 bits per heavy atom. The minimum Gasteiger partial charge on any atom is -0.508 e. The van der Waals surface area contributed by atoms with Crippen LogP contribution in [0.25, 0.3) is 0 Å². The van der Waals surface area contributed by atoms with Gasteiger partial charge in [0.2, 0.25) is 0 Å². The molecule has 2 N–H and O–H groups in total. The first-order valence-electron chi connectivity index (χ1n) is 6.21. The smallest absolute Gasteiger partial charge is 0.120 e. The molecular formula is C14H19N3O. The molecule has 2 rings (SSSR count). The van der Waals surface area contributed by atoms with Crippen LogP contribution in [0.4, 0.5) is 0 Å². The number of benzene rings is 1. The van der Waals surface area contributed by atoms with Crippen LogP contribution in [0.5, 0.6) is 5.75 Å². The molecule has 18 heavy (non-hydrogen) atoms. The molecule has 0 amide bonds. The summed E-state index contributed by atoms with van der Waals surface area (Å²) in [4.78, 5) is 0. The van der Waals surface area contributed by atoms with Gasteiger partial charge in [-0.15, -0.1) is 0 Å². The lowest BCUT2D eigenvalue weighted by atomic mass is 10.2. The van der Waals surface area contributed by atoms with Crippen molar-refractivity contribution in [3.63, 3.8) is 0 Å². The van der Waals surface area contributed by atoms with Crippen molar-refractivity contribution in [1.82, 2.24) is 15.1 Å². The third-order valence-electron chi connectivity index (χ3n) is 2.90. The van der Waals surface area contributed by atoms with E-state index in [2.05, 4.69) is 23.4 Å². The molecule has 0 unspecified atom stereocenters. The highest BCUT2D eigenvalue weighted by Gasteiger charge is 2.04. The molecular weight excluding hydrogens is 226 g/mol. The number of nitrogens with zero attached hydrogens (tertiary/aromatic N) is 2. The van der Waals surface area contributed by atoms with E-state index >= 15 is 0 Å². The second-order valence-corrected chi connectivity index (χ2v) is 4.33. The first-order chi connectivity index (χ1) is 8.70. The van der Waals surface area contributed by atoms with E-state index in [1.54, 1.807) is 6.07 Å². The van der Waals surface area contributed by atoms with E-state index < -0.39 is 0 Å². The molecule has 0 aliphatic carbocycles. The van der Waals surface area contributed by atoms with Crippen LogP contribution in [0.15, 0.2) is 30.3 Å². The Kier molecular flexibility index (Phi) is 3.99. The summed E-state index contributed by atoms with van der Waals surface area (Å²) in [6, 6.07) is 9.47. The molecule has 0 fully saturated rings. The van der Waals surface area contributed by atoms with Crippen molar-refractivity contribution < 1.29 is 5.11 Å². The van der Waals surface area contributed by atoms with Gasteiger partial charge < -0.3 is 10.4 Å². The molecule has 4 nitrogen and oxygen atoms in total. The van der Waals surface area contributed by atoms with E-state index in [0.717, 1.165) is 24.3 Å². The number of aromatic nitrogens is 2. The molecule has 0 bridgehead atoms. The van der Waals surface area contributed by atoms with E-state index in [0.29, 0.717) is 12.3 Å². The van der Waals surface area contributed by atoms with Crippen molar-refractivity contribution in [3.05, 3.63) is 47.3 Å². The van der Waals surface area contributed by atoms with E-state index in [-0.39, 0.29) is 0 Å². The highest BCUT2D eigenvalue weighted by Crippen LogP contribution is 2.15. The number of rotatable bonds is 5. The van der Waals surface area contributed by atoms with Crippen molar-refractivity contribution in [2.45, 2.75) is 33.5 Å². The number of hydrogen-bond acceptors (Lipinski definition) is 3. The average Bonchev–Trinajstić information content (AvgIpc) is 2.72. The molecule has 0 saturated heterocycles. The molecule has 1 aromatic carbocycles. The Labute approximate surface area is 107 Å². The molecule has 4 heteroatoms. The third kappa shape index (κ3) is 2.90. The van der Waals surface area contributed by atoms with Crippen LogP contribution in [0.3, 0.4) is 0 Å². The van der Waals surface area contributed by atoms with E-state index in [4.69, 9.17) is 0 Å². The second-order valence-electron chi connectivity index (χ2n) is 4.33. The van der Waals surface area contributed by atoms with Gasteiger partial charge in [-0.1, -0.05) is 18.2 Å². The van der Waals surface area contributed by atoms with Crippen molar-refractivity contribution in [2.75, 3.05) is 0 Å². The SMILES string of the molecule is CCn1nc(C)cc1CNCc1ccccc1O. The summed E-state index contributed by atoms with van der Waals surface area (Å²) in [6.45, 7) is 6.36. The fourth-order valence-electron chi connectivity index (χ4n) is 2.00. The van der Waals surface area contributed by atoms with Crippen molar-refractivity contribution in [3.8, 4) is 5.75 Å². The predicted molar refractivity (Wildman–Crippen MR) is 71.3 cm³/mol. The Bertz CT molecular complexity index is 520. The number of hydrogen-bond donors (Lipinski definition) is 2. The van der Waals surface area contributed by atoms with Crippen LogP contribution in [0.2, 0.25) is 0 Å². The monoisotopic (exact) mass is 245 g/mol. The van der Waals surface area contributed by atoms with Gasteiger partial charge in [0, 0.05) is 25.2 Å². The van der Waals surface area contributed by atoms with Gasteiger partial charge in [0.15, 0.2) is 0 Å². The Morgan fingerprint density at radius 2 is 2.06 bits per heavy atom. The third-order valence-corrected chi connectivity index (χ3v) is 2.90. The largest absolute Gasteiger partial charge is 0.508 e. The van der Waals surface area contributed by atoms with Gasteiger partial charge >= 0.3 is 0 Å². The second kappa shape index (κ2) is 5.69. The summed E-state index contributed by atoms with van der Waals surface area (Å²) in [5.74, 6) is 0.338. The van der Waals surface area contributed by atoms with Gasteiger partial charge in [-0.3, -0.25) is 4.68 Å². The summed E-state index contributed by atoms with van der Waals surface area (Å²) in [7, 11) is 0. The van der Waals surface area contributed by atoms with Crippen molar-refractivity contribution in [2.24, 2.45) is 0 Å². The topological polar surface area (TPSA) is 50.1 Å². The van der Waals surface area contributed by atoms with Gasteiger partial charge in [0.1, 0.15) is 5.75 Å². The minimum atomic E-state index is 0.338. The number of phenolic OH excluding ortho intramolecular Hbond substituents is 1. The molecule has 96 valence electrons. The average molecular weight is 245 g/mol. The lowest BCUT2D eigenvalue weighted by Crippen LogP contribution is -2.16. The highest BCUT2D eigenvalue weighted by atomic mass is 16.3. The maximum atomic E-state index is 9.66. The van der Waals surface area contributed by atoms with Gasteiger partial charge in [0.05, 0.1) is 11.4 Å². The Hall–Kier alpha value is -1.81. The van der Waals surface area contributed by atoms with Crippen LogP contribution in [-0.4, -0.2) is 14.9 Å². The van der Waals surface area contributed by atoms with Gasteiger partial charge in [-0.05, 0) is 26.0 Å². The van der Waals surface area contributed by atoms with Gasteiger partial charge in [-0.25, -0.2) is 0 Å². The summed E-state index contributed by atoms with van der Waals surface area (Å²) >= 11 is 0. The zero-order valence-corrected chi connectivity index (χ0v) is 10.8. The highest BCUT2D eigenvalue weighted by molar-refractivity contribution is 5.31. The van der Waals surface area contributed by atoms with Gasteiger partial charge in [0.25, 0.3) is 0 Å². The van der Waals surface area contributed by atoms with Crippen LogP contribution in [-0.2, 0) is 19.6 Å². The molecule has 0 aliphatic rings. The summed E-state index contributed by atoms with van der Waals surface area (Å²) in [6.07, 6.45) is 0. The Balaban J connectivity index is 1.94. The first-order valence-corrected chi connectivity index (χ1v) is 6.21. The van der Waals surface area contributed by atoms with Crippen LogP contribution in [0.1, 0.15) is 23.9 Å². The fourth-order valence-corrected chi connectivity index (χ4v) is 2.00. The molecule has 2 aromatic rings. The number of para-hydroxylation sites is 1. The maximum Gasteiger partial charge on any atom is 0.120 e. The molecule has 0 spiro atoms. The fraction of sp³-hybridized carbons (Fsp3) is 0.357. The molecule has 1 aromatic heterocycles. The minimum absolute atomic E-state index is 0.338. The summed E-state index contributed by atoms with van der Waals surface area (Å²) < 4.78 is 1.99. The quantitative estimate of drug-likeness (QED) is 0.849. The first kappa shape index (κ1) is 12.6. The van der Waals surface area contributed by atoms with E-state index in [1.165, 1.54) is 5.69 Å². The predicted octanol–water partition coefficient (Wildman–Crippen LogP) is 2.21. The van der Waals surface area contributed by atoms with E-state index in [1.807, 2.05) is 29.8 Å². The van der Waals surface area contributed by atoms with Gasteiger partial charge in [-0.2, -0.15) is 5.10 Å². The zero-order valence-electron chi connectivity index (χ0n) is 10.8. The number of phenols is 1. The molecule has 1 heterocycles. The number of aromatic hydroxyl groups is 1. The molecule has 0 aliphatic heterocycles. The van der Waals surface area contributed by atoms with Crippen molar-refractivity contribution in [1.29, 1.82) is 0 Å². The number of nitrogens with one attached hydrogen (secondary N) is 1. The summed E-state index contributed by atoms with van der Waals surface area (Å²) in [5.41, 5.74) is 3.12. The molecule has 0 saturated carbocycles. The van der Waals surface area contributed by atoms with Crippen molar-refractivity contribution >= 4 is 0 Å². The summed E-state index contributed by atoms with van der Waals surface area (Å²) in [5, 5.41) is 17.4. The van der Waals surface area contributed by atoms with Crippen LogP contribution >= 0.6 is 0 Å². The lowest BCUT2D eigenvalue weighted by Gasteiger charge is -2.08. The number of aryl methyl sites for hydroxylation is 2. The van der Waals surface area contributed by atoms with Crippen LogP contribution in [0, 0.1) is 6.92 Å². The molecule has 0 radical (unpaired) electrons. The molecule has 0 atom stereocenters. The maximum absolute atomic E-state index is 9.66. The zero-order chi connectivity index (χ0) is 13.0. The standard InChI is InChI=1S/C14H19N3O/c1-3-17-13(8-11(2)16-17)10-15-9-12-6-4-5-7-14(12)18/h4-8,15,18H,3,9-10H2,1-2H3. The normalized spacial score (nSPS) is 10.8. The Morgan fingerprint density at radius 1 is 1.28 bits per heavy atom.